The van der Waals surface area contributed by atoms with Crippen LogP contribution in [0.25, 0.3) is 0 Å². The van der Waals surface area contributed by atoms with E-state index >= 15 is 0 Å². The Kier molecular flexibility index (Phi) is 5.56. The Bertz CT molecular complexity index is 751. The van der Waals surface area contributed by atoms with Gasteiger partial charge in [0.2, 0.25) is 5.91 Å². The molecule has 0 bridgehead atoms. The second-order valence-corrected chi connectivity index (χ2v) is 5.65. The third kappa shape index (κ3) is 5.18. The number of aliphatic hydroxyl groups is 1. The van der Waals surface area contributed by atoms with Crippen molar-refractivity contribution in [2.45, 2.75) is 19.4 Å². The summed E-state index contributed by atoms with van der Waals surface area (Å²) in [6.45, 7) is 2.66. The predicted molar refractivity (Wildman–Crippen MR) is 90.7 cm³/mol. The van der Waals surface area contributed by atoms with Gasteiger partial charge in [0.1, 0.15) is 11.4 Å². The third-order valence-corrected chi connectivity index (χ3v) is 3.31. The zero-order valence-electron chi connectivity index (χ0n) is 13.8. The van der Waals surface area contributed by atoms with E-state index in [1.807, 2.05) is 0 Å². The Morgan fingerprint density at radius 1 is 1.04 bits per heavy atom. The molecule has 1 unspecified atom stereocenters. The molecule has 0 saturated heterocycles. The smallest absolute Gasteiger partial charge is 0.313 e. The fourth-order valence-electron chi connectivity index (χ4n) is 2.03. The van der Waals surface area contributed by atoms with Crippen LogP contribution in [0.3, 0.4) is 0 Å². The molecular weight excluding hydrogens is 326 g/mol. The standard InChI is InChI=1S/C17H19N3O5/c1-11(21)19-12-5-7-13(8-6-12)20-16(23)15(22)18-10-17(2,24)14-4-3-9-25-14/h3-9,24H,10H2,1-2H3,(H,18,22)(H,19,21)(H,20,23). The lowest BCUT2D eigenvalue weighted by molar-refractivity contribution is -0.136. The fourth-order valence-corrected chi connectivity index (χ4v) is 2.03. The molecule has 0 aliphatic carbocycles. The van der Waals surface area contributed by atoms with Gasteiger partial charge >= 0.3 is 11.8 Å². The molecule has 8 heteroatoms. The largest absolute Gasteiger partial charge is 0.466 e. The van der Waals surface area contributed by atoms with E-state index in [0.29, 0.717) is 11.4 Å². The van der Waals surface area contributed by atoms with Crippen LogP contribution in [0.15, 0.2) is 47.1 Å². The van der Waals surface area contributed by atoms with Gasteiger partial charge in [0, 0.05) is 18.3 Å². The molecule has 0 radical (unpaired) electrons. The lowest BCUT2D eigenvalue weighted by Crippen LogP contribution is -2.43. The molecule has 0 fully saturated rings. The molecule has 1 aromatic heterocycles. The average molecular weight is 345 g/mol. The molecule has 1 atom stereocenters. The SMILES string of the molecule is CC(=O)Nc1ccc(NC(=O)C(=O)NCC(C)(O)c2ccco2)cc1. The van der Waals surface area contributed by atoms with Crippen LogP contribution >= 0.6 is 0 Å². The van der Waals surface area contributed by atoms with Crippen LogP contribution in [-0.2, 0) is 20.0 Å². The maximum absolute atomic E-state index is 11.9. The zero-order chi connectivity index (χ0) is 18.4. The van der Waals surface area contributed by atoms with Crippen LogP contribution in [-0.4, -0.2) is 29.4 Å². The van der Waals surface area contributed by atoms with Crippen molar-refractivity contribution in [3.05, 3.63) is 48.4 Å². The van der Waals surface area contributed by atoms with Crippen molar-refractivity contribution in [2.24, 2.45) is 0 Å². The first-order valence-electron chi connectivity index (χ1n) is 7.51. The van der Waals surface area contributed by atoms with Crippen molar-refractivity contribution in [1.82, 2.24) is 5.32 Å². The van der Waals surface area contributed by atoms with Gasteiger partial charge < -0.3 is 25.5 Å². The van der Waals surface area contributed by atoms with Gasteiger partial charge in [-0.05, 0) is 43.3 Å². The van der Waals surface area contributed by atoms with Crippen LogP contribution in [0.5, 0.6) is 0 Å². The van der Waals surface area contributed by atoms with Crippen LogP contribution in [0.1, 0.15) is 19.6 Å². The number of hydrogen-bond donors (Lipinski definition) is 4. The van der Waals surface area contributed by atoms with Gasteiger partial charge in [0.05, 0.1) is 12.8 Å². The molecule has 8 nitrogen and oxygen atoms in total. The molecule has 1 aromatic carbocycles. The summed E-state index contributed by atoms with van der Waals surface area (Å²) in [4.78, 5) is 34.7. The summed E-state index contributed by atoms with van der Waals surface area (Å²) in [5.74, 6) is -1.69. The van der Waals surface area contributed by atoms with Crippen LogP contribution in [0.2, 0.25) is 0 Å². The third-order valence-electron chi connectivity index (χ3n) is 3.31. The number of amides is 3. The van der Waals surface area contributed by atoms with Crippen molar-refractivity contribution in [2.75, 3.05) is 17.2 Å². The quantitative estimate of drug-likeness (QED) is 0.607. The molecule has 0 spiro atoms. The molecule has 3 amide bonds. The molecule has 1 heterocycles. The summed E-state index contributed by atoms with van der Waals surface area (Å²) in [6, 6.07) is 9.48. The number of benzene rings is 1. The Morgan fingerprint density at radius 3 is 2.16 bits per heavy atom. The summed E-state index contributed by atoms with van der Waals surface area (Å²) in [5.41, 5.74) is -0.462. The summed E-state index contributed by atoms with van der Waals surface area (Å²) < 4.78 is 5.09. The first-order valence-corrected chi connectivity index (χ1v) is 7.51. The maximum atomic E-state index is 11.9. The zero-order valence-corrected chi connectivity index (χ0v) is 13.8. The molecule has 132 valence electrons. The Hall–Kier alpha value is -3.13. The average Bonchev–Trinajstić information content (AvgIpc) is 3.09. The number of nitrogens with one attached hydrogen (secondary N) is 3. The predicted octanol–water partition coefficient (Wildman–Crippen LogP) is 1.20. The van der Waals surface area contributed by atoms with E-state index in [2.05, 4.69) is 16.0 Å². The molecule has 0 saturated carbocycles. The molecule has 0 aliphatic rings. The number of anilines is 2. The Morgan fingerprint density at radius 2 is 1.64 bits per heavy atom. The van der Waals surface area contributed by atoms with Crippen molar-refractivity contribution in [1.29, 1.82) is 0 Å². The monoisotopic (exact) mass is 345 g/mol. The summed E-state index contributed by atoms with van der Waals surface area (Å²) in [5, 5.41) is 17.6. The second kappa shape index (κ2) is 7.63. The normalized spacial score (nSPS) is 12.8. The molecule has 2 rings (SSSR count). The number of furan rings is 1. The highest BCUT2D eigenvalue weighted by Gasteiger charge is 2.28. The first kappa shape index (κ1) is 18.2. The maximum Gasteiger partial charge on any atom is 0.313 e. The van der Waals surface area contributed by atoms with Gasteiger partial charge in [-0.2, -0.15) is 0 Å². The summed E-state index contributed by atoms with van der Waals surface area (Å²) in [7, 11) is 0. The van der Waals surface area contributed by atoms with Gasteiger partial charge in [0.15, 0.2) is 0 Å². The topological polar surface area (TPSA) is 121 Å². The molecular formula is C17H19N3O5. The van der Waals surface area contributed by atoms with Crippen molar-refractivity contribution in [3.8, 4) is 0 Å². The van der Waals surface area contributed by atoms with Crippen molar-refractivity contribution in [3.63, 3.8) is 0 Å². The highest BCUT2D eigenvalue weighted by atomic mass is 16.4. The van der Waals surface area contributed by atoms with Crippen molar-refractivity contribution < 1.29 is 23.9 Å². The first-order chi connectivity index (χ1) is 11.8. The van der Waals surface area contributed by atoms with E-state index in [4.69, 9.17) is 4.42 Å². The van der Waals surface area contributed by atoms with Gasteiger partial charge in [-0.1, -0.05) is 0 Å². The Balaban J connectivity index is 1.88. The number of carbonyl (C=O) groups excluding carboxylic acids is 3. The van der Waals surface area contributed by atoms with Gasteiger partial charge in [-0.25, -0.2) is 0 Å². The number of hydrogen-bond acceptors (Lipinski definition) is 5. The van der Waals surface area contributed by atoms with Crippen LogP contribution < -0.4 is 16.0 Å². The number of carbonyl (C=O) groups is 3. The highest BCUT2D eigenvalue weighted by molar-refractivity contribution is 6.39. The van der Waals surface area contributed by atoms with E-state index < -0.39 is 17.4 Å². The van der Waals surface area contributed by atoms with Crippen LogP contribution in [0.4, 0.5) is 11.4 Å². The fraction of sp³-hybridized carbons (Fsp3) is 0.235. The van der Waals surface area contributed by atoms with E-state index in [0.717, 1.165) is 0 Å². The summed E-state index contributed by atoms with van der Waals surface area (Å²) in [6.07, 6.45) is 1.41. The summed E-state index contributed by atoms with van der Waals surface area (Å²) >= 11 is 0. The van der Waals surface area contributed by atoms with E-state index in [9.17, 15) is 19.5 Å². The lowest BCUT2D eigenvalue weighted by atomic mass is 10.0. The van der Waals surface area contributed by atoms with E-state index in [1.165, 1.54) is 20.1 Å². The van der Waals surface area contributed by atoms with E-state index in [-0.39, 0.29) is 18.2 Å². The molecule has 25 heavy (non-hydrogen) atoms. The minimum atomic E-state index is -1.43. The highest BCUT2D eigenvalue weighted by Crippen LogP contribution is 2.19. The number of rotatable bonds is 5. The van der Waals surface area contributed by atoms with Gasteiger partial charge in [-0.15, -0.1) is 0 Å². The van der Waals surface area contributed by atoms with Crippen molar-refractivity contribution >= 4 is 29.1 Å². The van der Waals surface area contributed by atoms with E-state index in [1.54, 1.807) is 36.4 Å². The Labute approximate surface area is 144 Å². The molecule has 2 aromatic rings. The second-order valence-electron chi connectivity index (χ2n) is 5.65. The minimum absolute atomic E-state index is 0.186. The lowest BCUT2D eigenvalue weighted by Gasteiger charge is -2.20. The minimum Gasteiger partial charge on any atom is -0.466 e. The molecule has 4 N–H and O–H groups in total. The molecule has 0 aliphatic heterocycles. The van der Waals surface area contributed by atoms with Gasteiger partial charge in [-0.3, -0.25) is 14.4 Å². The van der Waals surface area contributed by atoms with Gasteiger partial charge in [0.25, 0.3) is 0 Å². The van der Waals surface area contributed by atoms with Crippen LogP contribution in [0, 0.1) is 0 Å².